The molecule has 1 unspecified atom stereocenters. The molecule has 0 bridgehead atoms. The van der Waals surface area contributed by atoms with Crippen molar-refractivity contribution in [1.29, 1.82) is 0 Å². The van der Waals surface area contributed by atoms with E-state index in [9.17, 15) is 9.50 Å². The van der Waals surface area contributed by atoms with Crippen LogP contribution in [-0.4, -0.2) is 11.2 Å². The Labute approximate surface area is 97.3 Å². The summed E-state index contributed by atoms with van der Waals surface area (Å²) in [6, 6.07) is 4.76. The SMILES string of the molecule is CCC(CC)C(O)Cc1cc(F)ccc1C. The number of benzene rings is 1. The monoisotopic (exact) mass is 224 g/mol. The second-order valence-electron chi connectivity index (χ2n) is 4.42. The summed E-state index contributed by atoms with van der Waals surface area (Å²) in [7, 11) is 0. The first-order valence-corrected chi connectivity index (χ1v) is 6.01. The van der Waals surface area contributed by atoms with Gasteiger partial charge in [0.15, 0.2) is 0 Å². The molecule has 16 heavy (non-hydrogen) atoms. The van der Waals surface area contributed by atoms with Gasteiger partial charge in [0, 0.05) is 0 Å². The van der Waals surface area contributed by atoms with E-state index < -0.39 is 0 Å². The van der Waals surface area contributed by atoms with Crippen molar-refractivity contribution in [2.75, 3.05) is 0 Å². The molecule has 0 fully saturated rings. The third-order valence-corrected chi connectivity index (χ3v) is 3.33. The summed E-state index contributed by atoms with van der Waals surface area (Å²) >= 11 is 0. The number of halogens is 1. The summed E-state index contributed by atoms with van der Waals surface area (Å²) in [6.45, 7) is 6.11. The Balaban J connectivity index is 2.75. The molecule has 90 valence electrons. The van der Waals surface area contributed by atoms with Gasteiger partial charge < -0.3 is 5.11 Å². The molecule has 0 aliphatic rings. The molecule has 1 aromatic rings. The number of hydrogen-bond acceptors (Lipinski definition) is 1. The van der Waals surface area contributed by atoms with Crippen LogP contribution in [0.15, 0.2) is 18.2 Å². The number of aliphatic hydroxyl groups is 1. The molecule has 0 saturated carbocycles. The predicted octanol–water partition coefficient (Wildman–Crippen LogP) is 3.47. The van der Waals surface area contributed by atoms with Crippen molar-refractivity contribution in [1.82, 2.24) is 0 Å². The molecule has 1 aromatic carbocycles. The van der Waals surface area contributed by atoms with Crippen LogP contribution >= 0.6 is 0 Å². The fourth-order valence-electron chi connectivity index (χ4n) is 2.08. The fraction of sp³-hybridized carbons (Fsp3) is 0.571. The molecular weight excluding hydrogens is 203 g/mol. The summed E-state index contributed by atoms with van der Waals surface area (Å²) in [4.78, 5) is 0. The maximum absolute atomic E-state index is 13.1. The Morgan fingerprint density at radius 1 is 1.25 bits per heavy atom. The van der Waals surface area contributed by atoms with E-state index in [4.69, 9.17) is 0 Å². The normalized spacial score (nSPS) is 13.1. The van der Waals surface area contributed by atoms with Crippen LogP contribution in [0, 0.1) is 18.7 Å². The average Bonchev–Trinajstić information content (AvgIpc) is 2.25. The van der Waals surface area contributed by atoms with Crippen LogP contribution in [0.3, 0.4) is 0 Å². The van der Waals surface area contributed by atoms with Crippen LogP contribution in [0.4, 0.5) is 4.39 Å². The number of aryl methyl sites for hydroxylation is 1. The van der Waals surface area contributed by atoms with Crippen molar-refractivity contribution in [3.05, 3.63) is 35.1 Å². The van der Waals surface area contributed by atoms with Gasteiger partial charge >= 0.3 is 0 Å². The van der Waals surface area contributed by atoms with Gasteiger partial charge in [-0.2, -0.15) is 0 Å². The number of aliphatic hydroxyl groups excluding tert-OH is 1. The molecule has 0 spiro atoms. The smallest absolute Gasteiger partial charge is 0.123 e. The minimum absolute atomic E-state index is 0.225. The minimum Gasteiger partial charge on any atom is -0.392 e. The third kappa shape index (κ3) is 3.31. The second kappa shape index (κ2) is 6.00. The fourth-order valence-corrected chi connectivity index (χ4v) is 2.08. The van der Waals surface area contributed by atoms with Gasteiger partial charge in [-0.1, -0.05) is 32.8 Å². The lowest BCUT2D eigenvalue weighted by Crippen LogP contribution is -2.22. The summed E-state index contributed by atoms with van der Waals surface area (Å²) in [6.07, 6.45) is 2.11. The topological polar surface area (TPSA) is 20.2 Å². The van der Waals surface area contributed by atoms with Gasteiger partial charge in [-0.05, 0) is 42.5 Å². The third-order valence-electron chi connectivity index (χ3n) is 3.33. The van der Waals surface area contributed by atoms with Gasteiger partial charge in [0.2, 0.25) is 0 Å². The van der Waals surface area contributed by atoms with E-state index in [2.05, 4.69) is 13.8 Å². The molecular formula is C14H21FO. The zero-order valence-corrected chi connectivity index (χ0v) is 10.3. The lowest BCUT2D eigenvalue weighted by atomic mass is 9.90. The standard InChI is InChI=1S/C14H21FO/c1-4-11(5-2)14(16)9-12-8-13(15)7-6-10(12)3/h6-8,11,14,16H,4-5,9H2,1-3H3. The number of rotatable bonds is 5. The molecule has 0 aliphatic heterocycles. The van der Waals surface area contributed by atoms with Crippen LogP contribution in [0.1, 0.15) is 37.8 Å². The van der Waals surface area contributed by atoms with E-state index in [0.717, 1.165) is 24.0 Å². The molecule has 0 radical (unpaired) electrons. The predicted molar refractivity (Wildman–Crippen MR) is 64.9 cm³/mol. The van der Waals surface area contributed by atoms with Crippen LogP contribution < -0.4 is 0 Å². The van der Waals surface area contributed by atoms with E-state index in [-0.39, 0.29) is 11.9 Å². The Morgan fingerprint density at radius 3 is 2.44 bits per heavy atom. The molecule has 1 N–H and O–H groups in total. The van der Waals surface area contributed by atoms with Crippen LogP contribution in [-0.2, 0) is 6.42 Å². The summed E-state index contributed by atoms with van der Waals surface area (Å²) in [5.74, 6) is 0.0833. The van der Waals surface area contributed by atoms with Crippen molar-refractivity contribution < 1.29 is 9.50 Å². The van der Waals surface area contributed by atoms with Crippen molar-refractivity contribution in [2.24, 2.45) is 5.92 Å². The minimum atomic E-state index is -0.365. The van der Waals surface area contributed by atoms with Crippen molar-refractivity contribution >= 4 is 0 Å². The highest BCUT2D eigenvalue weighted by atomic mass is 19.1. The highest BCUT2D eigenvalue weighted by Crippen LogP contribution is 2.19. The quantitative estimate of drug-likeness (QED) is 0.812. The van der Waals surface area contributed by atoms with Gasteiger partial charge in [0.1, 0.15) is 5.82 Å². The van der Waals surface area contributed by atoms with Crippen molar-refractivity contribution in [2.45, 2.75) is 46.1 Å². The van der Waals surface area contributed by atoms with E-state index in [0.29, 0.717) is 12.3 Å². The maximum Gasteiger partial charge on any atom is 0.123 e. The Bertz CT molecular complexity index is 332. The van der Waals surface area contributed by atoms with Crippen LogP contribution in [0.2, 0.25) is 0 Å². The average molecular weight is 224 g/mol. The summed E-state index contributed by atoms with van der Waals surface area (Å²) in [5, 5.41) is 10.1. The lowest BCUT2D eigenvalue weighted by Gasteiger charge is -2.20. The van der Waals surface area contributed by atoms with E-state index in [1.54, 1.807) is 6.07 Å². The van der Waals surface area contributed by atoms with Crippen molar-refractivity contribution in [3.8, 4) is 0 Å². The van der Waals surface area contributed by atoms with E-state index >= 15 is 0 Å². The molecule has 1 rings (SSSR count). The van der Waals surface area contributed by atoms with E-state index in [1.165, 1.54) is 12.1 Å². The lowest BCUT2D eigenvalue weighted by molar-refractivity contribution is 0.103. The Morgan fingerprint density at radius 2 is 1.88 bits per heavy atom. The highest BCUT2D eigenvalue weighted by molar-refractivity contribution is 5.27. The Kier molecular flexibility index (Phi) is 4.94. The first-order valence-electron chi connectivity index (χ1n) is 6.01. The van der Waals surface area contributed by atoms with Crippen LogP contribution in [0.25, 0.3) is 0 Å². The van der Waals surface area contributed by atoms with Gasteiger partial charge in [-0.15, -0.1) is 0 Å². The second-order valence-corrected chi connectivity index (χ2v) is 4.42. The molecule has 0 aromatic heterocycles. The zero-order chi connectivity index (χ0) is 12.1. The Hall–Kier alpha value is -0.890. The first kappa shape index (κ1) is 13.2. The number of hydrogen-bond donors (Lipinski definition) is 1. The largest absolute Gasteiger partial charge is 0.392 e. The molecule has 0 heterocycles. The van der Waals surface area contributed by atoms with Crippen LogP contribution in [0.5, 0.6) is 0 Å². The molecule has 0 aliphatic carbocycles. The summed E-state index contributed by atoms with van der Waals surface area (Å²) in [5.41, 5.74) is 1.96. The van der Waals surface area contributed by atoms with E-state index in [1.807, 2.05) is 6.92 Å². The van der Waals surface area contributed by atoms with Gasteiger partial charge in [-0.25, -0.2) is 4.39 Å². The highest BCUT2D eigenvalue weighted by Gasteiger charge is 2.16. The van der Waals surface area contributed by atoms with Crippen molar-refractivity contribution in [3.63, 3.8) is 0 Å². The maximum atomic E-state index is 13.1. The zero-order valence-electron chi connectivity index (χ0n) is 10.3. The molecule has 0 amide bonds. The molecule has 1 atom stereocenters. The molecule has 2 heteroatoms. The van der Waals surface area contributed by atoms with Gasteiger partial charge in [0.25, 0.3) is 0 Å². The van der Waals surface area contributed by atoms with Gasteiger partial charge in [-0.3, -0.25) is 0 Å². The summed E-state index contributed by atoms with van der Waals surface area (Å²) < 4.78 is 13.1. The first-order chi connectivity index (χ1) is 7.58. The van der Waals surface area contributed by atoms with Gasteiger partial charge in [0.05, 0.1) is 6.10 Å². The molecule has 1 nitrogen and oxygen atoms in total. The molecule has 0 saturated heterocycles.